The van der Waals surface area contributed by atoms with Crippen molar-refractivity contribution >= 4 is 40.2 Å². The van der Waals surface area contributed by atoms with Crippen molar-refractivity contribution < 1.29 is 28.2 Å². The second kappa shape index (κ2) is 9.43. The number of nitrogens with one attached hydrogen (secondary N) is 1. The molecular formula is C21H18ClF3N2O4S. The average molecular weight is 487 g/mol. The van der Waals surface area contributed by atoms with E-state index in [0.29, 0.717) is 0 Å². The molecule has 11 heteroatoms. The number of thioether (sulfide) groups is 1. The Hall–Kier alpha value is -2.69. The number of phenolic OH excluding ortho intramolecular Hbond substituents is 1. The zero-order valence-corrected chi connectivity index (χ0v) is 18.2. The van der Waals surface area contributed by atoms with E-state index < -0.39 is 23.2 Å². The van der Waals surface area contributed by atoms with Crippen LogP contribution in [0, 0.1) is 0 Å². The second-order valence-electron chi connectivity index (χ2n) is 6.91. The van der Waals surface area contributed by atoms with Crippen LogP contribution in [-0.2, 0) is 11.0 Å². The van der Waals surface area contributed by atoms with Crippen LogP contribution in [-0.4, -0.2) is 52.0 Å². The van der Waals surface area contributed by atoms with E-state index in [4.69, 9.17) is 16.7 Å². The van der Waals surface area contributed by atoms with E-state index in [9.17, 15) is 27.9 Å². The van der Waals surface area contributed by atoms with E-state index in [0.717, 1.165) is 30.0 Å². The molecule has 3 rings (SSSR count). The summed E-state index contributed by atoms with van der Waals surface area (Å²) in [5.41, 5.74) is -1.33. The summed E-state index contributed by atoms with van der Waals surface area (Å²) in [6.07, 6.45) is -4.63. The number of aromatic nitrogens is 1. The molecule has 0 spiro atoms. The van der Waals surface area contributed by atoms with Crippen molar-refractivity contribution in [3.8, 4) is 16.9 Å². The topological polar surface area (TPSA) is 93.6 Å². The number of rotatable bonds is 6. The van der Waals surface area contributed by atoms with Gasteiger partial charge in [0.25, 0.3) is 5.56 Å². The van der Waals surface area contributed by atoms with Gasteiger partial charge in [-0.3, -0.25) is 9.59 Å². The van der Waals surface area contributed by atoms with Gasteiger partial charge in [0, 0.05) is 40.6 Å². The number of benzene rings is 2. The number of fused-ring (bicyclic) bond motifs is 1. The minimum atomic E-state index is -4.63. The first-order valence-corrected chi connectivity index (χ1v) is 10.6. The summed E-state index contributed by atoms with van der Waals surface area (Å²) in [5, 5.41) is 19.6. The van der Waals surface area contributed by atoms with E-state index in [1.165, 1.54) is 30.1 Å². The maximum absolute atomic E-state index is 13.4. The number of halogens is 4. The molecule has 1 amide bonds. The molecule has 0 saturated carbocycles. The predicted molar refractivity (Wildman–Crippen MR) is 117 cm³/mol. The van der Waals surface area contributed by atoms with Crippen molar-refractivity contribution in [3.63, 3.8) is 0 Å². The van der Waals surface area contributed by atoms with Gasteiger partial charge < -0.3 is 20.1 Å². The van der Waals surface area contributed by atoms with Gasteiger partial charge in [-0.25, -0.2) is 0 Å². The number of hydrogen-bond donors (Lipinski definition) is 3. The average Bonchev–Trinajstić information content (AvgIpc) is 2.72. The van der Waals surface area contributed by atoms with Crippen molar-refractivity contribution in [2.45, 2.75) is 11.1 Å². The SMILES string of the molecule is CN(CCO)C(=O)CSc1c(-c2cc(Cl)ccc2O)c2cc(C(F)(F)F)ccc2[nH]c1=O. The number of aromatic hydroxyl groups is 1. The Bertz CT molecular complexity index is 1230. The number of aliphatic hydroxyl groups is 1. The highest BCUT2D eigenvalue weighted by Gasteiger charge is 2.31. The third-order valence-corrected chi connectivity index (χ3v) is 6.03. The maximum Gasteiger partial charge on any atom is 0.416 e. The van der Waals surface area contributed by atoms with Gasteiger partial charge >= 0.3 is 6.18 Å². The van der Waals surface area contributed by atoms with E-state index in [1.54, 1.807) is 0 Å². The lowest BCUT2D eigenvalue weighted by molar-refractivity contribution is -0.137. The fraction of sp³-hybridized carbons (Fsp3) is 0.238. The van der Waals surface area contributed by atoms with E-state index in [1.807, 2.05) is 0 Å². The molecule has 0 atom stereocenters. The molecule has 3 aromatic rings. The first-order chi connectivity index (χ1) is 15.0. The van der Waals surface area contributed by atoms with E-state index in [-0.39, 0.29) is 56.6 Å². The van der Waals surface area contributed by atoms with Crippen LogP contribution in [0.3, 0.4) is 0 Å². The monoisotopic (exact) mass is 486 g/mol. The third kappa shape index (κ3) is 5.03. The second-order valence-corrected chi connectivity index (χ2v) is 8.33. The van der Waals surface area contributed by atoms with Gasteiger partial charge in [-0.2, -0.15) is 13.2 Å². The first kappa shape index (κ1) is 24.0. The zero-order valence-electron chi connectivity index (χ0n) is 16.7. The van der Waals surface area contributed by atoms with Crippen LogP contribution in [0.5, 0.6) is 5.75 Å². The highest BCUT2D eigenvalue weighted by molar-refractivity contribution is 8.00. The molecule has 1 heterocycles. The number of hydrogen-bond acceptors (Lipinski definition) is 5. The molecule has 2 aromatic carbocycles. The number of phenols is 1. The molecule has 0 unspecified atom stereocenters. The largest absolute Gasteiger partial charge is 0.507 e. The summed E-state index contributed by atoms with van der Waals surface area (Å²) >= 11 is 6.87. The van der Waals surface area contributed by atoms with Crippen LogP contribution in [0.2, 0.25) is 5.02 Å². The molecule has 0 aliphatic carbocycles. The summed E-state index contributed by atoms with van der Waals surface area (Å²) in [4.78, 5) is 28.9. The van der Waals surface area contributed by atoms with Crippen LogP contribution in [0.1, 0.15) is 5.56 Å². The normalized spacial score (nSPS) is 11.7. The number of pyridine rings is 1. The Morgan fingerprint density at radius 1 is 1.22 bits per heavy atom. The van der Waals surface area contributed by atoms with Crippen LogP contribution in [0.4, 0.5) is 13.2 Å². The standard InChI is InChI=1S/C21H18ClF3N2O4S/c1-27(6-7-28)17(30)10-32-19-18(14-9-12(22)3-5-16(14)29)13-8-11(21(23,24)25)2-4-15(13)26-20(19)31/h2-5,8-9,28-29H,6-7,10H2,1H3,(H,26,31). The number of nitrogens with zero attached hydrogens (tertiary/aromatic N) is 1. The summed E-state index contributed by atoms with van der Waals surface area (Å²) in [6, 6.07) is 6.88. The number of carbonyl (C=O) groups excluding carboxylic acids is 1. The Labute approximate surface area is 189 Å². The number of carbonyl (C=O) groups is 1. The molecule has 3 N–H and O–H groups in total. The van der Waals surface area contributed by atoms with Gasteiger partial charge in [0.1, 0.15) is 5.75 Å². The minimum absolute atomic E-state index is 0.0376. The van der Waals surface area contributed by atoms with E-state index in [2.05, 4.69) is 4.98 Å². The van der Waals surface area contributed by atoms with Crippen LogP contribution < -0.4 is 5.56 Å². The molecule has 170 valence electrons. The Kier molecular flexibility index (Phi) is 7.06. The summed E-state index contributed by atoms with van der Waals surface area (Å²) < 4.78 is 40.1. The molecule has 0 bridgehead atoms. The Morgan fingerprint density at radius 3 is 2.59 bits per heavy atom. The molecule has 0 saturated heterocycles. The third-order valence-electron chi connectivity index (χ3n) is 4.73. The zero-order chi connectivity index (χ0) is 23.6. The van der Waals surface area contributed by atoms with Gasteiger partial charge in [-0.15, -0.1) is 11.8 Å². The minimum Gasteiger partial charge on any atom is -0.507 e. The summed E-state index contributed by atoms with van der Waals surface area (Å²) in [7, 11) is 1.48. The molecule has 0 fully saturated rings. The number of aromatic amines is 1. The molecule has 32 heavy (non-hydrogen) atoms. The number of aliphatic hydroxyl groups excluding tert-OH is 1. The van der Waals surface area contributed by atoms with Crippen LogP contribution in [0.15, 0.2) is 46.1 Å². The Morgan fingerprint density at radius 2 is 1.94 bits per heavy atom. The molecule has 1 aromatic heterocycles. The summed E-state index contributed by atoms with van der Waals surface area (Å²) in [6.45, 7) is -0.157. The van der Waals surface area contributed by atoms with Crippen LogP contribution in [0.25, 0.3) is 22.0 Å². The lowest BCUT2D eigenvalue weighted by Crippen LogP contribution is -2.31. The van der Waals surface area contributed by atoms with Crippen molar-refractivity contribution in [2.75, 3.05) is 26.0 Å². The molecular weight excluding hydrogens is 469 g/mol. The predicted octanol–water partition coefficient (Wildman–Crippen LogP) is 4.12. The fourth-order valence-electron chi connectivity index (χ4n) is 3.08. The Balaban J connectivity index is 2.25. The van der Waals surface area contributed by atoms with Gasteiger partial charge in [0.15, 0.2) is 0 Å². The van der Waals surface area contributed by atoms with Gasteiger partial charge in [-0.05, 0) is 36.4 Å². The summed E-state index contributed by atoms with van der Waals surface area (Å²) in [5.74, 6) is -0.892. The first-order valence-electron chi connectivity index (χ1n) is 9.26. The molecule has 0 radical (unpaired) electrons. The van der Waals surface area contributed by atoms with Gasteiger partial charge in [0.05, 0.1) is 22.8 Å². The van der Waals surface area contributed by atoms with Crippen molar-refractivity contribution in [2.24, 2.45) is 0 Å². The van der Waals surface area contributed by atoms with E-state index >= 15 is 0 Å². The number of amides is 1. The number of likely N-dealkylation sites (N-methyl/N-ethyl adjacent to an activating group) is 1. The highest BCUT2D eigenvalue weighted by Crippen LogP contribution is 2.42. The number of alkyl halides is 3. The molecule has 0 aliphatic heterocycles. The lowest BCUT2D eigenvalue weighted by Gasteiger charge is -2.18. The van der Waals surface area contributed by atoms with Gasteiger partial charge in [0.2, 0.25) is 5.91 Å². The maximum atomic E-state index is 13.4. The molecule has 6 nitrogen and oxygen atoms in total. The van der Waals surface area contributed by atoms with Crippen molar-refractivity contribution in [1.82, 2.24) is 9.88 Å². The molecule has 0 aliphatic rings. The quantitative estimate of drug-likeness (QED) is 0.456. The van der Waals surface area contributed by atoms with Gasteiger partial charge in [-0.1, -0.05) is 11.6 Å². The fourth-order valence-corrected chi connectivity index (χ4v) is 4.29. The van der Waals surface area contributed by atoms with Crippen molar-refractivity contribution in [3.05, 3.63) is 57.3 Å². The van der Waals surface area contributed by atoms with Crippen molar-refractivity contribution in [1.29, 1.82) is 0 Å². The smallest absolute Gasteiger partial charge is 0.416 e. The van der Waals surface area contributed by atoms with Crippen LogP contribution >= 0.6 is 23.4 Å². The highest BCUT2D eigenvalue weighted by atomic mass is 35.5. The number of H-pyrrole nitrogens is 1. The lowest BCUT2D eigenvalue weighted by atomic mass is 9.98.